The van der Waals surface area contributed by atoms with E-state index in [0.29, 0.717) is 32.1 Å². The number of hydrogen-bond acceptors (Lipinski definition) is 7. The van der Waals surface area contributed by atoms with Crippen molar-refractivity contribution in [2.24, 2.45) is 7.05 Å². The molecule has 240 valence electrons. The van der Waals surface area contributed by atoms with Crippen molar-refractivity contribution < 1.29 is 23.5 Å². The van der Waals surface area contributed by atoms with E-state index in [9.17, 15) is 14.0 Å². The number of methoxy groups -OCH3 is 1. The van der Waals surface area contributed by atoms with Crippen LogP contribution >= 0.6 is 0 Å². The van der Waals surface area contributed by atoms with Gasteiger partial charge < -0.3 is 24.7 Å². The average Bonchev–Trinajstić information content (AvgIpc) is 3.74. The molecule has 1 aliphatic rings. The number of carbonyl (C=O) groups excluding carboxylic acids is 2. The largest absolute Gasteiger partial charge is 0.380 e. The minimum absolute atomic E-state index is 0.0837. The Morgan fingerprint density at radius 3 is 2.64 bits per heavy atom. The summed E-state index contributed by atoms with van der Waals surface area (Å²) >= 11 is 0. The van der Waals surface area contributed by atoms with E-state index in [2.05, 4.69) is 45.3 Å². The van der Waals surface area contributed by atoms with E-state index in [1.54, 1.807) is 24.1 Å². The minimum Gasteiger partial charge on any atom is -0.380 e. The molecule has 0 aliphatic carbocycles. The van der Waals surface area contributed by atoms with E-state index in [1.165, 1.54) is 24.4 Å². The summed E-state index contributed by atoms with van der Waals surface area (Å²) in [5.74, 6) is -1.52. The smallest absolute Gasteiger partial charge is 0.257 e. The summed E-state index contributed by atoms with van der Waals surface area (Å²) in [7, 11) is 2.31. The number of rotatable bonds is 13. The van der Waals surface area contributed by atoms with Crippen molar-refractivity contribution in [3.05, 3.63) is 65.9 Å². The molecule has 11 nitrogen and oxygen atoms in total. The lowest BCUT2D eigenvalue weighted by Crippen LogP contribution is -2.34. The highest BCUT2D eigenvalue weighted by molar-refractivity contribution is 6.76. The molecule has 1 aliphatic heterocycles. The fourth-order valence-corrected chi connectivity index (χ4v) is 6.06. The highest BCUT2D eigenvalue weighted by Crippen LogP contribution is 2.28. The van der Waals surface area contributed by atoms with Gasteiger partial charge in [0, 0.05) is 83.9 Å². The predicted molar refractivity (Wildman–Crippen MR) is 175 cm³/mol. The summed E-state index contributed by atoms with van der Waals surface area (Å²) in [4.78, 5) is 32.9. The Hall–Kier alpha value is -3.91. The lowest BCUT2D eigenvalue weighted by molar-refractivity contribution is 0.0909. The number of anilines is 1. The molecule has 0 radical (unpaired) electrons. The lowest BCUT2D eigenvalue weighted by Gasteiger charge is -2.16. The van der Waals surface area contributed by atoms with E-state index in [0.717, 1.165) is 42.2 Å². The molecule has 0 bridgehead atoms. The van der Waals surface area contributed by atoms with Gasteiger partial charge in [-0.1, -0.05) is 19.6 Å². The molecular weight excluding hydrogens is 593 g/mol. The first-order valence-electron chi connectivity index (χ1n) is 15.2. The number of nitrogens with one attached hydrogen (secondary N) is 2. The fraction of sp³-hybridized carbons (Fsp3) is 0.438. The maximum absolute atomic E-state index is 14.8. The number of benzene rings is 1. The molecular formula is C32H42FN7O4Si. The second-order valence-electron chi connectivity index (χ2n) is 12.7. The van der Waals surface area contributed by atoms with Crippen LogP contribution in [0.5, 0.6) is 0 Å². The van der Waals surface area contributed by atoms with Crippen LogP contribution in [0.2, 0.25) is 25.7 Å². The van der Waals surface area contributed by atoms with Crippen LogP contribution in [-0.4, -0.2) is 90.1 Å². The highest BCUT2D eigenvalue weighted by atomic mass is 28.3. The number of aryl methyl sites for hydroxylation is 1. The van der Waals surface area contributed by atoms with Gasteiger partial charge in [0.25, 0.3) is 11.8 Å². The molecule has 2 amide bonds. The van der Waals surface area contributed by atoms with Crippen LogP contribution in [0.3, 0.4) is 0 Å². The van der Waals surface area contributed by atoms with Crippen molar-refractivity contribution in [2.75, 3.05) is 45.2 Å². The maximum Gasteiger partial charge on any atom is 0.257 e. The van der Waals surface area contributed by atoms with Crippen LogP contribution in [0.1, 0.15) is 27.1 Å². The minimum atomic E-state index is -1.25. The zero-order valence-electron chi connectivity index (χ0n) is 26.6. The predicted octanol–water partition coefficient (Wildman–Crippen LogP) is 4.59. The first-order valence-corrected chi connectivity index (χ1v) is 18.9. The Balaban J connectivity index is 1.28. The number of nitrogens with zero attached hydrogens (tertiary/aromatic N) is 5. The zero-order valence-corrected chi connectivity index (χ0v) is 27.6. The number of halogens is 1. The summed E-state index contributed by atoms with van der Waals surface area (Å²) in [6.45, 7) is 10.8. The van der Waals surface area contributed by atoms with Crippen molar-refractivity contribution in [3.63, 3.8) is 0 Å². The van der Waals surface area contributed by atoms with Gasteiger partial charge in [-0.3, -0.25) is 19.2 Å². The Bertz CT molecular complexity index is 1660. The van der Waals surface area contributed by atoms with Gasteiger partial charge in [-0.2, -0.15) is 5.10 Å². The fourth-order valence-electron chi connectivity index (χ4n) is 5.31. The standard InChI is InChI=1S/C32H42FN7O4Si/c1-38-19-25(18-36-38)29-16-23-14-24(17-35-30(23)40(29)21-44-12-13-45(3,4)5)32(42)37-28-15-22(6-7-27(28)33)31(41)34-9-11-39-10-8-26(20-39)43-2/h6-7,14-19,26H,8-13,20-21H2,1-5H3,(H,34,41)(H,37,42)/t26-/m0/s1. The molecule has 4 aromatic rings. The first-order chi connectivity index (χ1) is 21.5. The average molecular weight is 636 g/mol. The van der Waals surface area contributed by atoms with Crippen molar-refractivity contribution in [1.29, 1.82) is 0 Å². The normalized spacial score (nSPS) is 15.6. The summed E-state index contributed by atoms with van der Waals surface area (Å²) in [6, 6.07) is 8.63. The van der Waals surface area contributed by atoms with E-state index in [1.807, 2.05) is 23.9 Å². The van der Waals surface area contributed by atoms with Crippen LogP contribution in [0.25, 0.3) is 22.3 Å². The number of carbonyl (C=O) groups is 2. The number of pyridine rings is 1. The van der Waals surface area contributed by atoms with Gasteiger partial charge in [-0.25, -0.2) is 9.37 Å². The van der Waals surface area contributed by atoms with Crippen molar-refractivity contribution in [2.45, 2.75) is 44.9 Å². The number of aromatic nitrogens is 4. The number of amides is 2. The second-order valence-corrected chi connectivity index (χ2v) is 18.3. The topological polar surface area (TPSA) is 116 Å². The van der Waals surface area contributed by atoms with Gasteiger partial charge in [0.1, 0.15) is 18.2 Å². The zero-order chi connectivity index (χ0) is 32.1. The van der Waals surface area contributed by atoms with Gasteiger partial charge in [0.2, 0.25) is 0 Å². The summed E-state index contributed by atoms with van der Waals surface area (Å²) < 4.78 is 29.9. The van der Waals surface area contributed by atoms with Crippen molar-refractivity contribution >= 4 is 36.6 Å². The third-order valence-electron chi connectivity index (χ3n) is 7.97. The monoisotopic (exact) mass is 635 g/mol. The molecule has 1 atom stereocenters. The van der Waals surface area contributed by atoms with E-state index >= 15 is 0 Å². The first kappa shape index (κ1) is 32.5. The second kappa shape index (κ2) is 14.0. The molecule has 45 heavy (non-hydrogen) atoms. The van der Waals surface area contributed by atoms with E-state index < -0.39 is 19.8 Å². The Morgan fingerprint density at radius 1 is 1.11 bits per heavy atom. The SMILES string of the molecule is CO[C@H]1CCN(CCNC(=O)c2ccc(F)c(NC(=O)c3cnc4c(c3)cc(-c3cnn(C)c3)n4COCC[Si](C)(C)C)c2)C1. The van der Waals surface area contributed by atoms with Crippen LogP contribution in [0, 0.1) is 5.82 Å². The molecule has 0 spiro atoms. The van der Waals surface area contributed by atoms with Gasteiger partial charge in [0.15, 0.2) is 0 Å². The number of ether oxygens (including phenoxy) is 2. The Labute approximate surface area is 263 Å². The van der Waals surface area contributed by atoms with Gasteiger partial charge in [-0.15, -0.1) is 0 Å². The quantitative estimate of drug-likeness (QED) is 0.163. The molecule has 1 saturated heterocycles. The van der Waals surface area contributed by atoms with Gasteiger partial charge >= 0.3 is 0 Å². The highest BCUT2D eigenvalue weighted by Gasteiger charge is 2.22. The number of likely N-dealkylation sites (tertiary alicyclic amines) is 1. The molecule has 0 unspecified atom stereocenters. The number of fused-ring (bicyclic) bond motifs is 1. The van der Waals surface area contributed by atoms with Crippen LogP contribution in [0.15, 0.2) is 48.9 Å². The van der Waals surface area contributed by atoms with Crippen LogP contribution in [0.4, 0.5) is 10.1 Å². The molecule has 1 fully saturated rings. The van der Waals surface area contributed by atoms with Crippen molar-refractivity contribution in [3.8, 4) is 11.3 Å². The maximum atomic E-state index is 14.8. The third kappa shape index (κ3) is 8.22. The Morgan fingerprint density at radius 2 is 1.93 bits per heavy atom. The lowest BCUT2D eigenvalue weighted by atomic mass is 10.1. The number of hydrogen-bond donors (Lipinski definition) is 2. The van der Waals surface area contributed by atoms with E-state index in [-0.39, 0.29) is 28.8 Å². The molecule has 1 aromatic carbocycles. The van der Waals surface area contributed by atoms with Crippen LogP contribution in [-0.2, 0) is 23.3 Å². The van der Waals surface area contributed by atoms with E-state index in [4.69, 9.17) is 9.47 Å². The summed E-state index contributed by atoms with van der Waals surface area (Å²) in [5, 5.41) is 10.5. The summed E-state index contributed by atoms with van der Waals surface area (Å²) in [6.07, 6.45) is 6.34. The molecule has 4 heterocycles. The molecule has 0 saturated carbocycles. The molecule has 3 aromatic heterocycles. The summed E-state index contributed by atoms with van der Waals surface area (Å²) in [5.41, 5.74) is 2.85. The molecule has 5 rings (SSSR count). The molecule has 13 heteroatoms. The van der Waals surface area contributed by atoms with Gasteiger partial charge in [0.05, 0.1) is 29.2 Å². The third-order valence-corrected chi connectivity index (χ3v) is 9.67. The molecule has 2 N–H and O–H groups in total. The van der Waals surface area contributed by atoms with Gasteiger partial charge in [-0.05, 0) is 42.8 Å². The van der Waals surface area contributed by atoms with Crippen molar-refractivity contribution in [1.82, 2.24) is 29.5 Å². The van der Waals surface area contributed by atoms with Crippen LogP contribution < -0.4 is 10.6 Å². The Kier molecular flexibility index (Phi) is 10.1.